The Morgan fingerprint density at radius 3 is 1.18 bits per heavy atom. The molecule has 0 amide bonds. The number of ether oxygens (including phenoxy) is 3. The molecule has 0 saturated heterocycles. The molecule has 0 bridgehead atoms. The Labute approximate surface area is 439 Å². The first-order valence-electron chi connectivity index (χ1n) is 23.8. The second-order valence-corrected chi connectivity index (χ2v) is 17.4. The van der Waals surface area contributed by atoms with Crippen LogP contribution in [0.2, 0.25) is 0 Å². The highest BCUT2D eigenvalue weighted by molar-refractivity contribution is 6.13. The van der Waals surface area contributed by atoms with Crippen molar-refractivity contribution in [3.05, 3.63) is 276 Å². The predicted molar refractivity (Wildman–Crippen MR) is 290 cm³/mol. The molecule has 0 radical (unpaired) electrons. The van der Waals surface area contributed by atoms with Gasteiger partial charge in [-0.25, -0.2) is 4.39 Å². The summed E-state index contributed by atoms with van der Waals surface area (Å²) in [4.78, 5) is 57.8. The summed E-state index contributed by atoms with van der Waals surface area (Å²) in [6.45, 7) is 0.990. The van der Waals surface area contributed by atoms with Gasteiger partial charge in [0, 0.05) is 110 Å². The van der Waals surface area contributed by atoms with Gasteiger partial charge in [0.1, 0.15) is 42.9 Å². The Hall–Kier alpha value is -10.7. The van der Waals surface area contributed by atoms with E-state index in [0.717, 1.165) is 28.1 Å². The lowest BCUT2D eigenvalue weighted by molar-refractivity contribution is -0.385. The van der Waals surface area contributed by atoms with E-state index < -0.39 is 15.7 Å². The fourth-order valence-electron chi connectivity index (χ4n) is 8.41. The van der Waals surface area contributed by atoms with Gasteiger partial charge in [0.25, 0.3) is 11.4 Å². The van der Waals surface area contributed by atoms with Crippen molar-refractivity contribution in [1.29, 1.82) is 0 Å². The van der Waals surface area contributed by atoms with Gasteiger partial charge in [0.2, 0.25) is 0 Å². The molecule has 0 atom stereocenters. The quantitative estimate of drug-likeness (QED) is 0.0688. The number of nitrogens with two attached hydrogens (primary N) is 2. The van der Waals surface area contributed by atoms with E-state index in [1.807, 2.05) is 97.1 Å². The molecule has 0 unspecified atom stereocenters. The fourth-order valence-corrected chi connectivity index (χ4v) is 8.41. The molecule has 0 fully saturated rings. The third-order valence-corrected chi connectivity index (χ3v) is 12.2. The van der Waals surface area contributed by atoms with Crippen LogP contribution in [-0.2, 0) is 19.8 Å². The molecule has 12 rings (SSSR count). The fraction of sp³-hybridized carbons (Fsp3) is 0.0500. The van der Waals surface area contributed by atoms with Crippen LogP contribution < -0.4 is 36.3 Å². The number of rotatable bonds is 6. The summed E-state index contributed by atoms with van der Waals surface area (Å²) in [5.74, 6) is 0.789. The van der Waals surface area contributed by atoms with Crippen LogP contribution in [0.5, 0.6) is 17.2 Å². The summed E-state index contributed by atoms with van der Waals surface area (Å²) in [6, 6.07) is 56.5. The van der Waals surface area contributed by atoms with Gasteiger partial charge in [-0.05, 0) is 66.7 Å². The predicted octanol–water partition coefficient (Wildman–Crippen LogP) is 12.7. The number of anilines is 6. The highest BCUT2D eigenvalue weighted by Gasteiger charge is 2.25. The molecule has 9 aromatic carbocycles. The average Bonchev–Trinajstić information content (AvgIpc) is 3.77. The molecule has 16 nitrogen and oxygen atoms in total. The van der Waals surface area contributed by atoms with Gasteiger partial charge in [-0.3, -0.25) is 34.6 Å². The SMILES string of the molecule is Nc1cccc(Nc2ccc3c(c2)OCc2ccccc2C3=O)c1.Nc1cccc([N+](=O)[O-])c1.O=C1c2ccccc2COc2cc(F)ccc21.O=C1c2ccccc2COc2cc(Nc3cccc([N+](=O)[O-])c3)ccc21. The first kappa shape index (κ1) is 51.2. The number of fused-ring (bicyclic) bond motifs is 6. The summed E-state index contributed by atoms with van der Waals surface area (Å²) in [7, 11) is 0. The number of hydrogen-bond acceptors (Lipinski definition) is 14. The number of nitrogens with one attached hydrogen (secondary N) is 2. The largest absolute Gasteiger partial charge is 0.488 e. The maximum atomic E-state index is 13.1. The van der Waals surface area contributed by atoms with Gasteiger partial charge in [0.05, 0.1) is 26.5 Å². The molecule has 0 saturated carbocycles. The van der Waals surface area contributed by atoms with Crippen molar-refractivity contribution in [2.45, 2.75) is 19.8 Å². The van der Waals surface area contributed by atoms with Gasteiger partial charge in [0.15, 0.2) is 17.3 Å². The number of halogens is 1. The van der Waals surface area contributed by atoms with Crippen LogP contribution in [0.25, 0.3) is 0 Å². The number of nitrogen functional groups attached to an aromatic ring is 2. The summed E-state index contributed by atoms with van der Waals surface area (Å²) in [6.07, 6.45) is 0. The summed E-state index contributed by atoms with van der Waals surface area (Å²) >= 11 is 0. The number of non-ortho nitro benzene ring substituents is 2. The van der Waals surface area contributed by atoms with Gasteiger partial charge < -0.3 is 36.3 Å². The van der Waals surface area contributed by atoms with Crippen LogP contribution in [0.15, 0.2) is 200 Å². The van der Waals surface area contributed by atoms with E-state index in [4.69, 9.17) is 25.7 Å². The maximum Gasteiger partial charge on any atom is 0.271 e. The molecule has 3 heterocycles. The molecule has 0 aliphatic carbocycles. The van der Waals surface area contributed by atoms with Crippen LogP contribution in [0.4, 0.5) is 49.9 Å². The van der Waals surface area contributed by atoms with Crippen molar-refractivity contribution in [2.75, 3.05) is 22.1 Å². The van der Waals surface area contributed by atoms with Crippen LogP contribution in [-0.4, -0.2) is 27.2 Å². The van der Waals surface area contributed by atoms with Crippen LogP contribution >= 0.6 is 0 Å². The minimum Gasteiger partial charge on any atom is -0.488 e. The highest BCUT2D eigenvalue weighted by atomic mass is 19.1. The minimum absolute atomic E-state index is 0.00592. The van der Waals surface area contributed by atoms with Crippen molar-refractivity contribution in [3.8, 4) is 17.2 Å². The zero-order chi connectivity index (χ0) is 54.0. The number of nitro groups is 2. The van der Waals surface area contributed by atoms with Crippen molar-refractivity contribution >= 4 is 62.8 Å². The van der Waals surface area contributed by atoms with Crippen molar-refractivity contribution in [3.63, 3.8) is 0 Å². The lowest BCUT2D eigenvalue weighted by Crippen LogP contribution is -2.02. The topological polar surface area (TPSA) is 241 Å². The highest BCUT2D eigenvalue weighted by Crippen LogP contribution is 2.35. The molecule has 6 N–H and O–H groups in total. The Morgan fingerprint density at radius 2 is 0.753 bits per heavy atom. The molecule has 0 aromatic heterocycles. The van der Waals surface area contributed by atoms with E-state index in [2.05, 4.69) is 10.6 Å². The van der Waals surface area contributed by atoms with E-state index >= 15 is 0 Å². The van der Waals surface area contributed by atoms with Crippen molar-refractivity contribution in [1.82, 2.24) is 0 Å². The smallest absolute Gasteiger partial charge is 0.271 e. The first-order valence-corrected chi connectivity index (χ1v) is 23.8. The average molecular weight is 1030 g/mol. The second-order valence-electron chi connectivity index (χ2n) is 17.4. The van der Waals surface area contributed by atoms with Gasteiger partial charge in [-0.2, -0.15) is 0 Å². The van der Waals surface area contributed by atoms with E-state index in [0.29, 0.717) is 93.2 Å². The van der Waals surface area contributed by atoms with Crippen LogP contribution in [0, 0.1) is 26.0 Å². The Balaban J connectivity index is 0.000000131. The molecule has 77 heavy (non-hydrogen) atoms. The van der Waals surface area contributed by atoms with E-state index in [-0.39, 0.29) is 28.7 Å². The third-order valence-electron chi connectivity index (χ3n) is 12.2. The molecule has 17 heteroatoms. The molecule has 0 spiro atoms. The lowest BCUT2D eigenvalue weighted by Gasteiger charge is -2.11. The minimum atomic E-state index is -0.476. The Kier molecular flexibility index (Phi) is 15.3. The van der Waals surface area contributed by atoms with E-state index in [1.54, 1.807) is 60.7 Å². The van der Waals surface area contributed by atoms with Gasteiger partial charge in [-0.15, -0.1) is 0 Å². The number of benzene rings is 9. The van der Waals surface area contributed by atoms with Crippen molar-refractivity contribution < 1.29 is 42.8 Å². The Bertz CT molecular complexity index is 3760. The maximum absolute atomic E-state index is 13.1. The van der Waals surface area contributed by atoms with E-state index in [9.17, 15) is 39.0 Å². The number of carbonyl (C=O) groups excluding carboxylic acids is 3. The normalized spacial score (nSPS) is 12.2. The number of ketones is 3. The number of carbonyl (C=O) groups is 3. The van der Waals surface area contributed by atoms with Gasteiger partial charge in [-0.1, -0.05) is 91.0 Å². The second kappa shape index (κ2) is 23.0. The van der Waals surface area contributed by atoms with Crippen LogP contribution in [0.3, 0.4) is 0 Å². The summed E-state index contributed by atoms with van der Waals surface area (Å²) in [5.41, 5.74) is 21.3. The van der Waals surface area contributed by atoms with Crippen LogP contribution in [0.1, 0.15) is 64.5 Å². The molecular weight excluding hydrogens is 984 g/mol. The zero-order valence-corrected chi connectivity index (χ0v) is 40.7. The molecule has 3 aliphatic rings. The summed E-state index contributed by atoms with van der Waals surface area (Å²) in [5, 5.41) is 27.4. The monoisotopic (exact) mass is 1030 g/mol. The first-order chi connectivity index (χ1) is 37.3. The number of hydrogen-bond donors (Lipinski definition) is 4. The molecule has 9 aromatic rings. The van der Waals surface area contributed by atoms with Crippen molar-refractivity contribution in [2.24, 2.45) is 0 Å². The number of nitrogens with zero attached hydrogens (tertiary/aromatic N) is 2. The lowest BCUT2D eigenvalue weighted by atomic mass is 9.99. The zero-order valence-electron chi connectivity index (χ0n) is 40.7. The number of nitro benzene ring substituents is 2. The van der Waals surface area contributed by atoms with E-state index in [1.165, 1.54) is 42.5 Å². The van der Waals surface area contributed by atoms with Gasteiger partial charge >= 0.3 is 0 Å². The molecule has 382 valence electrons. The standard InChI is InChI=1S/C20H14N2O4.C20H16N2O2.C14H9FO2.C6H6N2O2/c23-20-17-7-2-1-4-13(17)12-26-19-11-15(8-9-18(19)20)21-14-5-3-6-16(10-14)22(24)25;21-14-5-3-6-15(10-14)22-16-8-9-18-19(11-16)24-12-13-4-1-2-7-17(13)20(18)23;15-10-5-6-12-13(7-10)17-8-9-3-1-2-4-11(9)14(12)16;7-5-2-1-3-6(4-5)8(9)10/h1-11,21H,12H2;1-11,22H,12,21H2;1-7H,8H2;1-4H,7H2. The summed E-state index contributed by atoms with van der Waals surface area (Å²) < 4.78 is 30.2. The Morgan fingerprint density at radius 1 is 0.390 bits per heavy atom. The molecule has 3 aliphatic heterocycles. The molecular formula is C60H45FN6O10. The third kappa shape index (κ3) is 12.2.